The molecule has 2 aliphatic rings. The number of halogens is 2. The fourth-order valence-corrected chi connectivity index (χ4v) is 3.86. The van der Waals surface area contributed by atoms with Crippen LogP contribution in [0.2, 0.25) is 0 Å². The summed E-state index contributed by atoms with van der Waals surface area (Å²) in [5.41, 5.74) is 1.14. The summed E-state index contributed by atoms with van der Waals surface area (Å²) in [5.74, 6) is -0.189. The van der Waals surface area contributed by atoms with E-state index in [1.54, 1.807) is 6.07 Å². The number of benzene rings is 1. The molecule has 0 bridgehead atoms. The third kappa shape index (κ3) is 3.41. The minimum absolute atomic E-state index is 0.189. The molecule has 1 atom stereocenters. The van der Waals surface area contributed by atoms with Gasteiger partial charge >= 0.3 is 0 Å². The Labute approximate surface area is 128 Å². The molecule has 4 heteroatoms. The lowest BCUT2D eigenvalue weighted by molar-refractivity contribution is 0.184. The molecule has 1 aromatic rings. The predicted molar refractivity (Wildman–Crippen MR) is 83.3 cm³/mol. The molecule has 2 fully saturated rings. The molecule has 0 radical (unpaired) electrons. The average molecular weight is 341 g/mol. The SMILES string of the molecule is CC(NC1CCN(C2CC2)CC1)c1ccc(F)cc1Br. The number of nitrogens with one attached hydrogen (secondary N) is 1. The van der Waals surface area contributed by atoms with E-state index in [-0.39, 0.29) is 11.9 Å². The van der Waals surface area contributed by atoms with Gasteiger partial charge in [0.25, 0.3) is 0 Å². The first-order valence-electron chi connectivity index (χ1n) is 7.58. The van der Waals surface area contributed by atoms with Gasteiger partial charge in [0.2, 0.25) is 0 Å². The summed E-state index contributed by atoms with van der Waals surface area (Å²) in [6, 6.07) is 6.67. The largest absolute Gasteiger partial charge is 0.307 e. The molecule has 1 N–H and O–H groups in total. The Bertz CT molecular complexity index is 468. The van der Waals surface area contributed by atoms with Gasteiger partial charge < -0.3 is 10.2 Å². The second kappa shape index (κ2) is 6.12. The molecule has 1 saturated heterocycles. The minimum atomic E-state index is -0.189. The Morgan fingerprint density at radius 2 is 1.95 bits per heavy atom. The molecule has 110 valence electrons. The molecule has 1 unspecified atom stereocenters. The highest BCUT2D eigenvalue weighted by atomic mass is 79.9. The summed E-state index contributed by atoms with van der Waals surface area (Å²) in [7, 11) is 0. The second-order valence-electron chi connectivity index (χ2n) is 6.10. The van der Waals surface area contributed by atoms with Crippen molar-refractivity contribution in [2.24, 2.45) is 0 Å². The van der Waals surface area contributed by atoms with Gasteiger partial charge in [-0.05, 0) is 63.4 Å². The van der Waals surface area contributed by atoms with E-state index in [0.717, 1.165) is 16.1 Å². The quantitative estimate of drug-likeness (QED) is 0.895. The van der Waals surface area contributed by atoms with Crippen LogP contribution in [0.5, 0.6) is 0 Å². The highest BCUT2D eigenvalue weighted by Crippen LogP contribution is 2.30. The number of rotatable bonds is 4. The third-order valence-electron chi connectivity index (χ3n) is 4.51. The molecule has 0 aromatic heterocycles. The summed E-state index contributed by atoms with van der Waals surface area (Å²) < 4.78 is 14.0. The van der Waals surface area contributed by atoms with Gasteiger partial charge in [-0.25, -0.2) is 4.39 Å². The maximum absolute atomic E-state index is 13.1. The fraction of sp³-hybridized carbons (Fsp3) is 0.625. The van der Waals surface area contributed by atoms with E-state index in [1.165, 1.54) is 44.8 Å². The Hall–Kier alpha value is -0.450. The van der Waals surface area contributed by atoms with E-state index in [0.29, 0.717) is 6.04 Å². The first kappa shape index (κ1) is 14.5. The molecule has 1 aliphatic carbocycles. The van der Waals surface area contributed by atoms with Crippen LogP contribution in [0.15, 0.2) is 22.7 Å². The number of likely N-dealkylation sites (tertiary alicyclic amines) is 1. The molecule has 20 heavy (non-hydrogen) atoms. The lowest BCUT2D eigenvalue weighted by Crippen LogP contribution is -2.44. The van der Waals surface area contributed by atoms with E-state index >= 15 is 0 Å². The first-order valence-corrected chi connectivity index (χ1v) is 8.38. The zero-order valence-electron chi connectivity index (χ0n) is 11.9. The Kier molecular flexibility index (Phi) is 4.43. The standard InChI is InChI=1S/C16H22BrFN2/c1-11(15-5-2-12(18)10-16(15)17)19-13-6-8-20(9-7-13)14-3-4-14/h2,5,10-11,13-14,19H,3-4,6-9H2,1H3. The monoisotopic (exact) mass is 340 g/mol. The van der Waals surface area contributed by atoms with E-state index in [4.69, 9.17) is 0 Å². The number of hydrogen-bond donors (Lipinski definition) is 1. The minimum Gasteiger partial charge on any atom is -0.307 e. The number of nitrogens with zero attached hydrogens (tertiary/aromatic N) is 1. The highest BCUT2D eigenvalue weighted by molar-refractivity contribution is 9.10. The van der Waals surface area contributed by atoms with Gasteiger partial charge in [-0.15, -0.1) is 0 Å². The van der Waals surface area contributed by atoms with Gasteiger partial charge in [0.05, 0.1) is 0 Å². The topological polar surface area (TPSA) is 15.3 Å². The van der Waals surface area contributed by atoms with Crippen molar-refractivity contribution in [2.45, 2.75) is 50.7 Å². The van der Waals surface area contributed by atoms with Gasteiger partial charge in [0.1, 0.15) is 5.82 Å². The van der Waals surface area contributed by atoms with Gasteiger partial charge in [0.15, 0.2) is 0 Å². The van der Waals surface area contributed by atoms with Gasteiger partial charge in [-0.1, -0.05) is 22.0 Å². The van der Waals surface area contributed by atoms with Crippen LogP contribution in [0.3, 0.4) is 0 Å². The van der Waals surface area contributed by atoms with Crippen LogP contribution in [0.1, 0.15) is 44.2 Å². The zero-order valence-corrected chi connectivity index (χ0v) is 13.5. The summed E-state index contributed by atoms with van der Waals surface area (Å²) in [6.45, 7) is 4.60. The van der Waals surface area contributed by atoms with Crippen LogP contribution in [0, 0.1) is 5.82 Å². The van der Waals surface area contributed by atoms with Gasteiger partial charge in [0, 0.05) is 22.6 Å². The van der Waals surface area contributed by atoms with E-state index in [1.807, 2.05) is 6.07 Å². The Morgan fingerprint density at radius 3 is 2.55 bits per heavy atom. The first-order chi connectivity index (χ1) is 9.63. The predicted octanol–water partition coefficient (Wildman–Crippen LogP) is 3.87. The van der Waals surface area contributed by atoms with E-state index < -0.39 is 0 Å². The average Bonchev–Trinajstić information content (AvgIpc) is 3.23. The van der Waals surface area contributed by atoms with Crippen LogP contribution in [0.4, 0.5) is 4.39 Å². The summed E-state index contributed by atoms with van der Waals surface area (Å²) in [4.78, 5) is 2.64. The van der Waals surface area contributed by atoms with Crippen molar-refractivity contribution < 1.29 is 4.39 Å². The smallest absolute Gasteiger partial charge is 0.124 e. The van der Waals surface area contributed by atoms with Crippen molar-refractivity contribution in [3.63, 3.8) is 0 Å². The second-order valence-corrected chi connectivity index (χ2v) is 6.95. The van der Waals surface area contributed by atoms with Crippen molar-refractivity contribution in [2.75, 3.05) is 13.1 Å². The zero-order chi connectivity index (χ0) is 14.1. The van der Waals surface area contributed by atoms with Crippen molar-refractivity contribution in [3.05, 3.63) is 34.1 Å². The molecular weight excluding hydrogens is 319 g/mol. The molecule has 2 nitrogen and oxygen atoms in total. The van der Waals surface area contributed by atoms with E-state index in [2.05, 4.69) is 33.1 Å². The van der Waals surface area contributed by atoms with Crippen molar-refractivity contribution in [1.82, 2.24) is 10.2 Å². The Balaban J connectivity index is 1.54. The summed E-state index contributed by atoms with van der Waals surface area (Å²) in [5, 5.41) is 3.70. The molecule has 1 aromatic carbocycles. The summed E-state index contributed by atoms with van der Waals surface area (Å²) >= 11 is 3.46. The van der Waals surface area contributed by atoms with Gasteiger partial charge in [-0.3, -0.25) is 0 Å². The molecule has 1 heterocycles. The highest BCUT2D eigenvalue weighted by Gasteiger charge is 2.32. The van der Waals surface area contributed by atoms with Crippen molar-refractivity contribution in [1.29, 1.82) is 0 Å². The lowest BCUT2D eigenvalue weighted by atomic mass is 10.0. The maximum Gasteiger partial charge on any atom is 0.124 e. The molecular formula is C16H22BrFN2. The number of piperidine rings is 1. The maximum atomic E-state index is 13.1. The molecule has 3 rings (SSSR count). The van der Waals surface area contributed by atoms with Crippen molar-refractivity contribution in [3.8, 4) is 0 Å². The van der Waals surface area contributed by atoms with Crippen LogP contribution >= 0.6 is 15.9 Å². The lowest BCUT2D eigenvalue weighted by Gasteiger charge is -2.34. The van der Waals surface area contributed by atoms with Crippen LogP contribution in [-0.4, -0.2) is 30.1 Å². The Morgan fingerprint density at radius 1 is 1.25 bits per heavy atom. The van der Waals surface area contributed by atoms with Crippen LogP contribution in [-0.2, 0) is 0 Å². The van der Waals surface area contributed by atoms with Crippen LogP contribution in [0.25, 0.3) is 0 Å². The molecule has 0 amide bonds. The molecule has 1 aliphatic heterocycles. The molecule has 0 spiro atoms. The number of hydrogen-bond acceptors (Lipinski definition) is 2. The van der Waals surface area contributed by atoms with Gasteiger partial charge in [-0.2, -0.15) is 0 Å². The van der Waals surface area contributed by atoms with Crippen LogP contribution < -0.4 is 5.32 Å². The normalized spacial score (nSPS) is 22.9. The van der Waals surface area contributed by atoms with Crippen molar-refractivity contribution >= 4 is 15.9 Å². The molecule has 1 saturated carbocycles. The third-order valence-corrected chi connectivity index (χ3v) is 5.19. The van der Waals surface area contributed by atoms with E-state index in [9.17, 15) is 4.39 Å². The fourth-order valence-electron chi connectivity index (χ4n) is 3.17. The summed E-state index contributed by atoms with van der Waals surface area (Å²) in [6.07, 6.45) is 5.24.